The average Bonchev–Trinajstić information content (AvgIpc) is 3.01. The maximum absolute atomic E-state index is 11.9. The van der Waals surface area contributed by atoms with Crippen molar-refractivity contribution in [2.24, 2.45) is 0 Å². The van der Waals surface area contributed by atoms with Crippen LogP contribution in [-0.4, -0.2) is 32.5 Å². The van der Waals surface area contributed by atoms with Gasteiger partial charge in [0.15, 0.2) is 11.5 Å². The van der Waals surface area contributed by atoms with Crippen molar-refractivity contribution in [2.75, 3.05) is 18.7 Å². The van der Waals surface area contributed by atoms with E-state index in [0.29, 0.717) is 29.3 Å². The van der Waals surface area contributed by atoms with Crippen LogP contribution >= 0.6 is 8.03 Å². The van der Waals surface area contributed by atoms with Gasteiger partial charge < -0.3 is 19.6 Å². The van der Waals surface area contributed by atoms with Crippen molar-refractivity contribution in [3.63, 3.8) is 0 Å². The molecule has 2 aromatic heterocycles. The van der Waals surface area contributed by atoms with Crippen LogP contribution < -0.4 is 10.3 Å². The molecule has 0 spiro atoms. The summed E-state index contributed by atoms with van der Waals surface area (Å²) in [5.41, 5.74) is 6.98. The Labute approximate surface area is 139 Å². The summed E-state index contributed by atoms with van der Waals surface area (Å²) in [6, 6.07) is 8.99. The first kappa shape index (κ1) is 16.4. The minimum atomic E-state index is -2.30. The van der Waals surface area contributed by atoms with E-state index in [9.17, 15) is 4.57 Å². The van der Waals surface area contributed by atoms with Crippen molar-refractivity contribution in [3.8, 4) is 5.75 Å². The van der Waals surface area contributed by atoms with Gasteiger partial charge in [-0.2, -0.15) is 0 Å². The molecule has 9 heteroatoms. The molecule has 0 aliphatic heterocycles. The third-order valence-electron chi connectivity index (χ3n) is 3.42. The molecule has 1 aromatic carbocycles. The molecule has 0 saturated carbocycles. The molecule has 2 atom stereocenters. The molecule has 8 nitrogen and oxygen atoms in total. The van der Waals surface area contributed by atoms with Gasteiger partial charge in [0.1, 0.15) is 23.9 Å². The first-order valence-corrected chi connectivity index (χ1v) is 8.94. The highest BCUT2D eigenvalue weighted by molar-refractivity contribution is 7.39. The van der Waals surface area contributed by atoms with E-state index < -0.39 is 8.03 Å². The molecule has 0 saturated heterocycles. The van der Waals surface area contributed by atoms with Gasteiger partial charge in [-0.05, 0) is 19.1 Å². The van der Waals surface area contributed by atoms with E-state index in [1.165, 1.54) is 6.33 Å². The van der Waals surface area contributed by atoms with E-state index in [1.807, 2.05) is 29.7 Å². The lowest BCUT2D eigenvalue weighted by molar-refractivity contribution is 0.142. The molecule has 0 aliphatic rings. The number of hydrogen-bond donors (Lipinski definition) is 1. The second-order valence-electron chi connectivity index (χ2n) is 5.23. The third kappa shape index (κ3) is 3.72. The van der Waals surface area contributed by atoms with Gasteiger partial charge in [-0.3, -0.25) is 4.57 Å². The highest BCUT2D eigenvalue weighted by Gasteiger charge is 2.13. The van der Waals surface area contributed by atoms with E-state index >= 15 is 0 Å². The molecule has 2 N–H and O–H groups in total. The van der Waals surface area contributed by atoms with Crippen LogP contribution in [0.25, 0.3) is 11.2 Å². The summed E-state index contributed by atoms with van der Waals surface area (Å²) in [6.45, 7) is 2.30. The summed E-state index contributed by atoms with van der Waals surface area (Å²) < 4.78 is 24.6. The maximum atomic E-state index is 11.9. The molecule has 0 aliphatic carbocycles. The Morgan fingerprint density at radius 3 is 2.83 bits per heavy atom. The van der Waals surface area contributed by atoms with Crippen LogP contribution in [0.2, 0.25) is 0 Å². The van der Waals surface area contributed by atoms with E-state index in [0.717, 1.165) is 0 Å². The second kappa shape index (κ2) is 7.42. The Kier molecular flexibility index (Phi) is 5.08. The van der Waals surface area contributed by atoms with Gasteiger partial charge in [-0.15, -0.1) is 0 Å². The lowest BCUT2D eigenvalue weighted by Gasteiger charge is -2.14. The zero-order valence-corrected chi connectivity index (χ0v) is 14.1. The first-order valence-electron chi connectivity index (χ1n) is 7.41. The van der Waals surface area contributed by atoms with Crippen LogP contribution in [-0.2, 0) is 9.30 Å². The summed E-state index contributed by atoms with van der Waals surface area (Å²) in [7, 11) is -2.30. The van der Waals surface area contributed by atoms with Crippen molar-refractivity contribution >= 4 is 25.0 Å². The fourth-order valence-corrected chi connectivity index (χ4v) is 2.98. The topological polar surface area (TPSA) is 105 Å². The van der Waals surface area contributed by atoms with Crippen LogP contribution in [0.5, 0.6) is 5.75 Å². The van der Waals surface area contributed by atoms with E-state index in [-0.39, 0.29) is 12.4 Å². The van der Waals surface area contributed by atoms with E-state index in [2.05, 4.69) is 15.0 Å². The predicted molar refractivity (Wildman–Crippen MR) is 91.3 cm³/mol. The molecular weight excluding hydrogens is 329 g/mol. The number of ether oxygens (including phenoxy) is 1. The van der Waals surface area contributed by atoms with E-state index in [4.69, 9.17) is 15.0 Å². The number of nitrogens with two attached hydrogens (primary N) is 1. The molecule has 24 heavy (non-hydrogen) atoms. The fourth-order valence-electron chi connectivity index (χ4n) is 2.24. The first-order chi connectivity index (χ1) is 11.6. The Bertz CT molecular complexity index is 840. The Morgan fingerprint density at radius 2 is 2.04 bits per heavy atom. The van der Waals surface area contributed by atoms with Gasteiger partial charge in [0.25, 0.3) is 8.03 Å². The zero-order chi connectivity index (χ0) is 16.9. The molecule has 1 unspecified atom stereocenters. The molecule has 0 radical (unpaired) electrons. The van der Waals surface area contributed by atoms with E-state index in [1.54, 1.807) is 18.5 Å². The van der Waals surface area contributed by atoms with Crippen LogP contribution in [0, 0.1) is 0 Å². The predicted octanol–water partition coefficient (Wildman–Crippen LogP) is 2.50. The third-order valence-corrected chi connectivity index (χ3v) is 4.32. The largest absolute Gasteiger partial charge is 0.443 e. The number of aromatic nitrogens is 4. The number of imidazole rings is 1. The Hall–Kier alpha value is -2.44. The monoisotopic (exact) mass is 347 g/mol. The Morgan fingerprint density at radius 1 is 1.25 bits per heavy atom. The lowest BCUT2D eigenvalue weighted by Crippen LogP contribution is -2.12. The standard InChI is InChI=1S/C15H18N5O3P/c1-11(20-9-19-13-14(16)17-8-18-15(13)20)7-22-10-24(21)23-12-5-3-2-4-6-12/h2-6,8-9,11,24H,7,10H2,1H3,(H2,16,17,18)/t11-/m1/s1. The van der Waals surface area contributed by atoms with Gasteiger partial charge in [0.05, 0.1) is 19.0 Å². The number of benzene rings is 1. The number of hydrogen-bond acceptors (Lipinski definition) is 7. The SMILES string of the molecule is C[C@H](COC[PH](=O)Oc1ccccc1)n1cnc2c(N)ncnc21. The van der Waals surface area contributed by atoms with Gasteiger partial charge in [-0.25, -0.2) is 15.0 Å². The minimum Gasteiger partial charge on any atom is -0.443 e. The van der Waals surface area contributed by atoms with Crippen LogP contribution in [0.3, 0.4) is 0 Å². The molecule has 126 valence electrons. The average molecular weight is 347 g/mol. The second-order valence-corrected chi connectivity index (χ2v) is 6.47. The molecule has 2 heterocycles. The summed E-state index contributed by atoms with van der Waals surface area (Å²) in [6.07, 6.45) is 3.09. The highest BCUT2D eigenvalue weighted by Crippen LogP contribution is 2.27. The smallest absolute Gasteiger partial charge is 0.261 e. The summed E-state index contributed by atoms with van der Waals surface area (Å²) >= 11 is 0. The van der Waals surface area contributed by atoms with Crippen molar-refractivity contribution < 1.29 is 13.8 Å². The number of nitrogen functional groups attached to an aromatic ring is 1. The van der Waals surface area contributed by atoms with Crippen LogP contribution in [0.15, 0.2) is 43.0 Å². The van der Waals surface area contributed by atoms with Crippen LogP contribution in [0.1, 0.15) is 13.0 Å². The molecule has 3 aromatic rings. The number of para-hydroxylation sites is 1. The number of anilines is 1. The van der Waals surface area contributed by atoms with Gasteiger partial charge in [0.2, 0.25) is 0 Å². The zero-order valence-electron chi connectivity index (χ0n) is 13.1. The molecule has 0 amide bonds. The molecule has 0 bridgehead atoms. The van der Waals surface area contributed by atoms with Gasteiger partial charge >= 0.3 is 0 Å². The normalized spacial score (nSPS) is 13.7. The van der Waals surface area contributed by atoms with Crippen molar-refractivity contribution in [2.45, 2.75) is 13.0 Å². The number of rotatable bonds is 7. The van der Waals surface area contributed by atoms with Crippen LogP contribution in [0.4, 0.5) is 5.82 Å². The summed E-state index contributed by atoms with van der Waals surface area (Å²) in [4.78, 5) is 12.3. The van der Waals surface area contributed by atoms with Crippen molar-refractivity contribution in [1.82, 2.24) is 19.5 Å². The maximum Gasteiger partial charge on any atom is 0.261 e. The Balaban J connectivity index is 1.54. The quantitative estimate of drug-likeness (QED) is 0.655. The summed E-state index contributed by atoms with van der Waals surface area (Å²) in [5.74, 6) is 0.916. The van der Waals surface area contributed by atoms with Crippen molar-refractivity contribution in [3.05, 3.63) is 43.0 Å². The molecule has 3 rings (SSSR count). The van der Waals surface area contributed by atoms with Crippen molar-refractivity contribution in [1.29, 1.82) is 0 Å². The highest BCUT2D eigenvalue weighted by atomic mass is 31.1. The fraction of sp³-hybridized carbons (Fsp3) is 0.267. The van der Waals surface area contributed by atoms with Gasteiger partial charge in [-0.1, -0.05) is 18.2 Å². The molecular formula is C15H18N5O3P. The van der Waals surface area contributed by atoms with Gasteiger partial charge in [0, 0.05) is 0 Å². The number of nitrogens with zero attached hydrogens (tertiary/aromatic N) is 4. The lowest BCUT2D eigenvalue weighted by atomic mass is 10.3. The minimum absolute atomic E-state index is 0.0455. The number of fused-ring (bicyclic) bond motifs is 1. The molecule has 0 fully saturated rings. The summed E-state index contributed by atoms with van der Waals surface area (Å²) in [5, 5.41) is 0.